The second kappa shape index (κ2) is 7.11. The second-order valence-corrected chi connectivity index (χ2v) is 6.37. The van der Waals surface area contributed by atoms with Crippen molar-refractivity contribution in [2.75, 3.05) is 6.54 Å². The maximum atomic E-state index is 13.6. The summed E-state index contributed by atoms with van der Waals surface area (Å²) in [6, 6.07) is 1.91. The van der Waals surface area contributed by atoms with Crippen LogP contribution in [0.15, 0.2) is 12.1 Å². The molecule has 0 aromatic heterocycles. The molecule has 0 fully saturated rings. The molecule has 0 spiro atoms. The summed E-state index contributed by atoms with van der Waals surface area (Å²) in [7, 11) is 0. The first-order chi connectivity index (χ1) is 9.21. The van der Waals surface area contributed by atoms with E-state index in [2.05, 4.69) is 33.0 Å². The van der Waals surface area contributed by atoms with Crippen LogP contribution in [0.25, 0.3) is 0 Å². The van der Waals surface area contributed by atoms with E-state index >= 15 is 0 Å². The molecule has 1 nitrogen and oxygen atoms in total. The molecule has 4 heteroatoms. The molecule has 0 saturated heterocycles. The highest BCUT2D eigenvalue weighted by Gasteiger charge is 2.20. The van der Waals surface area contributed by atoms with E-state index in [0.29, 0.717) is 12.5 Å². The third-order valence-corrected chi connectivity index (χ3v) is 3.51. The molecule has 0 aliphatic heterocycles. The molecule has 0 heterocycles. The molecule has 0 unspecified atom stereocenters. The van der Waals surface area contributed by atoms with Crippen molar-refractivity contribution in [2.45, 2.75) is 53.0 Å². The fourth-order valence-corrected chi connectivity index (χ4v) is 2.10. The minimum atomic E-state index is -0.871. The molecule has 0 aliphatic rings. The first-order valence-electron chi connectivity index (χ1n) is 7.08. The highest BCUT2D eigenvalue weighted by Crippen LogP contribution is 2.28. The van der Waals surface area contributed by atoms with Gasteiger partial charge in [0, 0.05) is 23.7 Å². The number of nitrogens with one attached hydrogen (secondary N) is 1. The van der Waals surface area contributed by atoms with Gasteiger partial charge in [0.1, 0.15) is 17.5 Å². The van der Waals surface area contributed by atoms with E-state index in [1.807, 2.05) is 0 Å². The van der Waals surface area contributed by atoms with Crippen LogP contribution in [-0.4, -0.2) is 12.6 Å². The van der Waals surface area contributed by atoms with E-state index in [-0.39, 0.29) is 17.4 Å². The molecule has 1 aromatic rings. The topological polar surface area (TPSA) is 12.0 Å². The van der Waals surface area contributed by atoms with E-state index in [1.165, 1.54) is 0 Å². The predicted molar refractivity (Wildman–Crippen MR) is 76.2 cm³/mol. The Labute approximate surface area is 119 Å². The third kappa shape index (κ3) is 5.53. The molecule has 1 aromatic carbocycles. The zero-order chi connectivity index (χ0) is 15.3. The predicted octanol–water partition coefficient (Wildman–Crippen LogP) is 4.45. The quantitative estimate of drug-likeness (QED) is 0.781. The van der Waals surface area contributed by atoms with Gasteiger partial charge in [-0.2, -0.15) is 0 Å². The summed E-state index contributed by atoms with van der Waals surface area (Å²) in [4.78, 5) is 0. The van der Waals surface area contributed by atoms with Crippen LogP contribution in [0.5, 0.6) is 0 Å². The first kappa shape index (κ1) is 17.0. The number of hydrogen-bond donors (Lipinski definition) is 1. The molecule has 1 N–H and O–H groups in total. The highest BCUT2D eigenvalue weighted by molar-refractivity contribution is 5.21. The van der Waals surface area contributed by atoms with Crippen molar-refractivity contribution in [3.63, 3.8) is 0 Å². The molecule has 0 amide bonds. The normalized spacial score (nSPS) is 12.2. The number of benzene rings is 1. The van der Waals surface area contributed by atoms with Crippen molar-refractivity contribution >= 4 is 0 Å². The Morgan fingerprint density at radius 2 is 1.60 bits per heavy atom. The van der Waals surface area contributed by atoms with Crippen LogP contribution in [-0.2, 0) is 6.42 Å². The number of rotatable bonds is 7. The Hall–Kier alpha value is -1.03. The summed E-state index contributed by atoms with van der Waals surface area (Å²) in [6.45, 7) is 9.19. The van der Waals surface area contributed by atoms with Gasteiger partial charge in [-0.15, -0.1) is 0 Å². The molecule has 1 rings (SSSR count). The third-order valence-electron chi connectivity index (χ3n) is 3.51. The van der Waals surface area contributed by atoms with Crippen molar-refractivity contribution in [3.8, 4) is 0 Å². The maximum Gasteiger partial charge on any atom is 0.132 e. The number of halogens is 3. The summed E-state index contributed by atoms with van der Waals surface area (Å²) in [5.74, 6) is -2.46. The molecule has 0 radical (unpaired) electrons. The van der Waals surface area contributed by atoms with Crippen molar-refractivity contribution in [3.05, 3.63) is 35.1 Å². The van der Waals surface area contributed by atoms with Gasteiger partial charge in [0.05, 0.1) is 0 Å². The van der Waals surface area contributed by atoms with Gasteiger partial charge in [-0.05, 0) is 31.2 Å². The molecule has 0 aliphatic carbocycles. The van der Waals surface area contributed by atoms with Crippen LogP contribution in [0.1, 0.15) is 46.1 Å². The van der Waals surface area contributed by atoms with Crippen molar-refractivity contribution in [1.82, 2.24) is 5.32 Å². The van der Waals surface area contributed by atoms with Crippen LogP contribution in [0, 0.1) is 22.9 Å². The van der Waals surface area contributed by atoms with E-state index < -0.39 is 17.5 Å². The van der Waals surface area contributed by atoms with Gasteiger partial charge >= 0.3 is 0 Å². The Balaban J connectivity index is 2.57. The lowest BCUT2D eigenvalue weighted by molar-refractivity contribution is 0.295. The van der Waals surface area contributed by atoms with E-state index in [9.17, 15) is 13.2 Å². The molecule has 114 valence electrons. The molecular weight excluding hydrogens is 263 g/mol. The fraction of sp³-hybridized carbons (Fsp3) is 0.625. The van der Waals surface area contributed by atoms with Gasteiger partial charge in [-0.25, -0.2) is 13.2 Å². The first-order valence-corrected chi connectivity index (χ1v) is 7.08. The minimum absolute atomic E-state index is 0.0173. The Morgan fingerprint density at radius 3 is 2.10 bits per heavy atom. The summed E-state index contributed by atoms with van der Waals surface area (Å²) in [5, 5.41) is 3.33. The Bertz CT molecular complexity index is 418. The standard InChI is InChI=1S/C16H24F3N/c1-11(2)20-8-7-16(3,4)6-5-13-14(18)9-12(17)10-15(13)19/h9-11,20H,5-8H2,1-4H3. The molecule has 0 saturated carbocycles. The van der Waals surface area contributed by atoms with Crippen LogP contribution in [0.2, 0.25) is 0 Å². The highest BCUT2D eigenvalue weighted by atomic mass is 19.1. The number of hydrogen-bond acceptors (Lipinski definition) is 1. The molecule has 0 atom stereocenters. The fourth-order valence-electron chi connectivity index (χ4n) is 2.10. The second-order valence-electron chi connectivity index (χ2n) is 6.37. The maximum absolute atomic E-state index is 13.6. The van der Waals surface area contributed by atoms with Gasteiger partial charge in [0.15, 0.2) is 0 Å². The van der Waals surface area contributed by atoms with Crippen molar-refractivity contribution < 1.29 is 13.2 Å². The van der Waals surface area contributed by atoms with E-state index in [0.717, 1.165) is 25.1 Å². The average Bonchev–Trinajstić information content (AvgIpc) is 2.26. The lowest BCUT2D eigenvalue weighted by Gasteiger charge is -2.25. The smallest absolute Gasteiger partial charge is 0.132 e. The monoisotopic (exact) mass is 287 g/mol. The van der Waals surface area contributed by atoms with Crippen molar-refractivity contribution in [2.24, 2.45) is 5.41 Å². The van der Waals surface area contributed by atoms with Crippen LogP contribution in [0.4, 0.5) is 13.2 Å². The summed E-state index contributed by atoms with van der Waals surface area (Å²) < 4.78 is 39.9. The average molecular weight is 287 g/mol. The summed E-state index contributed by atoms with van der Waals surface area (Å²) in [5.41, 5.74) is -0.0360. The molecule has 0 bridgehead atoms. The Morgan fingerprint density at radius 1 is 1.05 bits per heavy atom. The van der Waals surface area contributed by atoms with E-state index in [4.69, 9.17) is 0 Å². The lowest BCUT2D eigenvalue weighted by Crippen LogP contribution is -2.28. The van der Waals surface area contributed by atoms with Crippen LogP contribution >= 0.6 is 0 Å². The zero-order valence-corrected chi connectivity index (χ0v) is 12.7. The van der Waals surface area contributed by atoms with Gasteiger partial charge < -0.3 is 5.32 Å². The summed E-state index contributed by atoms with van der Waals surface area (Å²) >= 11 is 0. The Kier molecular flexibility index (Phi) is 6.06. The zero-order valence-electron chi connectivity index (χ0n) is 12.7. The molecular formula is C16H24F3N. The summed E-state index contributed by atoms with van der Waals surface area (Å²) in [6.07, 6.45) is 1.87. The molecule has 20 heavy (non-hydrogen) atoms. The minimum Gasteiger partial charge on any atom is -0.315 e. The van der Waals surface area contributed by atoms with Crippen molar-refractivity contribution in [1.29, 1.82) is 0 Å². The van der Waals surface area contributed by atoms with Gasteiger partial charge in [-0.1, -0.05) is 27.7 Å². The largest absolute Gasteiger partial charge is 0.315 e. The van der Waals surface area contributed by atoms with Gasteiger partial charge in [-0.3, -0.25) is 0 Å². The van der Waals surface area contributed by atoms with Gasteiger partial charge in [0.2, 0.25) is 0 Å². The lowest BCUT2D eigenvalue weighted by atomic mass is 9.83. The van der Waals surface area contributed by atoms with E-state index in [1.54, 1.807) is 0 Å². The van der Waals surface area contributed by atoms with Crippen LogP contribution in [0.3, 0.4) is 0 Å². The van der Waals surface area contributed by atoms with Gasteiger partial charge in [0.25, 0.3) is 0 Å². The SMILES string of the molecule is CC(C)NCCC(C)(C)CCc1c(F)cc(F)cc1F. The van der Waals surface area contributed by atoms with Crippen LogP contribution < -0.4 is 5.32 Å².